The average Bonchev–Trinajstić information content (AvgIpc) is 2.72. The number of carbonyl (C=O) groups excluding carboxylic acids is 2. The molecule has 4 rings (SSSR count). The Morgan fingerprint density at radius 2 is 1.87 bits per heavy atom. The van der Waals surface area contributed by atoms with Crippen molar-refractivity contribution in [1.82, 2.24) is 14.8 Å². The average molecular weight is 426 g/mol. The Labute approximate surface area is 180 Å². The van der Waals surface area contributed by atoms with Crippen LogP contribution in [-0.4, -0.2) is 40.5 Å². The van der Waals surface area contributed by atoms with Gasteiger partial charge in [-0.2, -0.15) is 0 Å². The van der Waals surface area contributed by atoms with Gasteiger partial charge in [0.1, 0.15) is 11.9 Å². The highest BCUT2D eigenvalue weighted by molar-refractivity contribution is 5.97. The second-order valence-corrected chi connectivity index (χ2v) is 8.77. The molecule has 3 amide bonds. The van der Waals surface area contributed by atoms with Crippen LogP contribution in [0.15, 0.2) is 47.3 Å². The van der Waals surface area contributed by atoms with Crippen molar-refractivity contribution in [1.29, 1.82) is 0 Å². The first-order valence-corrected chi connectivity index (χ1v) is 10.6. The van der Waals surface area contributed by atoms with Crippen LogP contribution in [0.3, 0.4) is 0 Å². The van der Waals surface area contributed by atoms with Crippen molar-refractivity contribution in [3.8, 4) is 0 Å². The maximum atomic E-state index is 13.4. The minimum atomic E-state index is -0.757. The molecule has 2 aliphatic rings. The molecule has 164 valence electrons. The molecule has 2 aliphatic heterocycles. The Balaban J connectivity index is 1.45. The number of hydrogen-bond acceptors (Lipinski definition) is 3. The fourth-order valence-electron chi connectivity index (χ4n) is 4.61. The van der Waals surface area contributed by atoms with E-state index < -0.39 is 11.9 Å². The standard InChI is InChI=1S/C23H27FN4O3/c1-14(2)21(22(30)25-18-6-3-5-17(24)10-18)26-23(31)27-11-15-9-16(13-27)19-7-4-8-20(29)28(19)12-15/h3-8,10,14-16,21H,9,11-13H2,1-2H3,(H,25,30)(H,26,31)/t15-,16+,21-/m0/s1. The molecule has 2 bridgehead atoms. The van der Waals surface area contributed by atoms with Crippen LogP contribution in [0, 0.1) is 17.7 Å². The molecule has 0 saturated carbocycles. The summed E-state index contributed by atoms with van der Waals surface area (Å²) in [4.78, 5) is 39.7. The smallest absolute Gasteiger partial charge is 0.318 e. The number of benzene rings is 1. The molecule has 0 aliphatic carbocycles. The summed E-state index contributed by atoms with van der Waals surface area (Å²) in [6.45, 7) is 5.35. The lowest BCUT2D eigenvalue weighted by molar-refractivity contribution is -0.118. The molecule has 0 unspecified atom stereocenters. The van der Waals surface area contributed by atoms with Crippen molar-refractivity contribution in [2.45, 2.75) is 38.8 Å². The molecule has 0 radical (unpaired) electrons. The maximum absolute atomic E-state index is 13.4. The number of amides is 3. The first-order valence-electron chi connectivity index (χ1n) is 10.6. The van der Waals surface area contributed by atoms with Crippen molar-refractivity contribution < 1.29 is 14.0 Å². The van der Waals surface area contributed by atoms with Crippen molar-refractivity contribution >= 4 is 17.6 Å². The lowest BCUT2D eigenvalue weighted by atomic mass is 9.83. The van der Waals surface area contributed by atoms with Crippen LogP contribution in [0.4, 0.5) is 14.9 Å². The van der Waals surface area contributed by atoms with E-state index in [1.165, 1.54) is 18.2 Å². The summed E-state index contributed by atoms with van der Waals surface area (Å²) < 4.78 is 15.2. The van der Waals surface area contributed by atoms with Gasteiger partial charge >= 0.3 is 6.03 Å². The summed E-state index contributed by atoms with van der Waals surface area (Å²) in [5.41, 5.74) is 1.31. The number of anilines is 1. The SMILES string of the molecule is CC(C)[C@H](NC(=O)N1C[C@@H]2C[C@H](C1)c1cccc(=O)n1C2)C(=O)Nc1cccc(F)c1. The zero-order chi connectivity index (χ0) is 22.1. The maximum Gasteiger partial charge on any atom is 0.318 e. The van der Waals surface area contributed by atoms with Gasteiger partial charge < -0.3 is 20.1 Å². The Bertz CT molecular complexity index is 1050. The number of piperidine rings is 1. The monoisotopic (exact) mass is 426 g/mol. The predicted octanol–water partition coefficient (Wildman–Crippen LogP) is 2.78. The summed E-state index contributed by atoms with van der Waals surface area (Å²) in [6, 6.07) is 9.89. The number of pyridine rings is 1. The van der Waals surface area contributed by atoms with Gasteiger partial charge in [-0.05, 0) is 42.5 Å². The summed E-state index contributed by atoms with van der Waals surface area (Å²) in [6.07, 6.45) is 0.945. The Kier molecular flexibility index (Phi) is 5.80. The molecule has 1 fully saturated rings. The van der Waals surface area contributed by atoms with Crippen molar-refractivity contribution in [3.63, 3.8) is 0 Å². The number of urea groups is 1. The van der Waals surface area contributed by atoms with Crippen LogP contribution in [0.2, 0.25) is 0 Å². The molecule has 7 nitrogen and oxygen atoms in total. The fraction of sp³-hybridized carbons (Fsp3) is 0.435. The summed E-state index contributed by atoms with van der Waals surface area (Å²) in [7, 11) is 0. The lowest BCUT2D eigenvalue weighted by Gasteiger charge is -2.43. The van der Waals surface area contributed by atoms with Crippen LogP contribution in [-0.2, 0) is 11.3 Å². The summed E-state index contributed by atoms with van der Waals surface area (Å²) >= 11 is 0. The van der Waals surface area contributed by atoms with Gasteiger partial charge in [0.15, 0.2) is 0 Å². The molecule has 0 spiro atoms. The molecule has 1 aromatic carbocycles. The highest BCUT2D eigenvalue weighted by atomic mass is 19.1. The van der Waals surface area contributed by atoms with Gasteiger partial charge in [0.05, 0.1) is 0 Å². The van der Waals surface area contributed by atoms with E-state index in [0.717, 1.165) is 12.1 Å². The highest BCUT2D eigenvalue weighted by Gasteiger charge is 2.37. The molecule has 2 N–H and O–H groups in total. The zero-order valence-electron chi connectivity index (χ0n) is 17.7. The number of hydrogen-bond donors (Lipinski definition) is 2. The number of rotatable bonds is 4. The minimum Gasteiger partial charge on any atom is -0.326 e. The molecule has 1 aromatic heterocycles. The van der Waals surface area contributed by atoms with E-state index in [9.17, 15) is 18.8 Å². The number of nitrogens with zero attached hydrogens (tertiary/aromatic N) is 2. The molecule has 8 heteroatoms. The number of aromatic nitrogens is 1. The molecule has 3 heterocycles. The second-order valence-electron chi connectivity index (χ2n) is 8.77. The van der Waals surface area contributed by atoms with E-state index >= 15 is 0 Å². The van der Waals surface area contributed by atoms with Crippen LogP contribution >= 0.6 is 0 Å². The first-order chi connectivity index (χ1) is 14.8. The summed E-state index contributed by atoms with van der Waals surface area (Å²) in [5.74, 6) is -0.673. The van der Waals surface area contributed by atoms with Crippen LogP contribution in [0.5, 0.6) is 0 Å². The van der Waals surface area contributed by atoms with Gasteiger partial charge in [-0.25, -0.2) is 9.18 Å². The summed E-state index contributed by atoms with van der Waals surface area (Å²) in [5, 5.41) is 5.54. The number of halogens is 1. The van der Waals surface area contributed by atoms with E-state index in [0.29, 0.717) is 25.3 Å². The largest absolute Gasteiger partial charge is 0.326 e. The highest BCUT2D eigenvalue weighted by Crippen LogP contribution is 2.34. The van der Waals surface area contributed by atoms with Gasteiger partial charge in [0, 0.05) is 43.0 Å². The number of carbonyl (C=O) groups is 2. The quantitative estimate of drug-likeness (QED) is 0.789. The minimum absolute atomic E-state index is 0.000932. The van der Waals surface area contributed by atoms with Gasteiger partial charge in [-0.3, -0.25) is 9.59 Å². The third kappa shape index (κ3) is 4.47. The lowest BCUT2D eigenvalue weighted by Crippen LogP contribution is -2.56. The molecular weight excluding hydrogens is 399 g/mol. The number of fused-ring (bicyclic) bond motifs is 4. The van der Waals surface area contributed by atoms with E-state index in [1.54, 1.807) is 23.1 Å². The topological polar surface area (TPSA) is 83.4 Å². The normalized spacial score (nSPS) is 20.7. The second kappa shape index (κ2) is 8.53. The van der Waals surface area contributed by atoms with Crippen LogP contribution in [0.1, 0.15) is 31.9 Å². The van der Waals surface area contributed by atoms with Crippen LogP contribution in [0.25, 0.3) is 0 Å². The molecule has 3 atom stereocenters. The first kappa shape index (κ1) is 21.1. The predicted molar refractivity (Wildman–Crippen MR) is 115 cm³/mol. The van der Waals surface area contributed by atoms with E-state index in [2.05, 4.69) is 10.6 Å². The van der Waals surface area contributed by atoms with Gasteiger partial charge in [-0.15, -0.1) is 0 Å². The van der Waals surface area contributed by atoms with E-state index in [4.69, 9.17) is 0 Å². The third-order valence-electron chi connectivity index (χ3n) is 6.09. The zero-order valence-corrected chi connectivity index (χ0v) is 17.7. The molecular formula is C23H27FN4O3. The third-order valence-corrected chi connectivity index (χ3v) is 6.09. The van der Waals surface area contributed by atoms with E-state index in [-0.39, 0.29) is 35.3 Å². The van der Waals surface area contributed by atoms with Gasteiger partial charge in [0.25, 0.3) is 5.56 Å². The van der Waals surface area contributed by atoms with Crippen molar-refractivity contribution in [3.05, 3.63) is 64.3 Å². The van der Waals surface area contributed by atoms with Crippen molar-refractivity contribution in [2.24, 2.45) is 11.8 Å². The van der Waals surface area contributed by atoms with Gasteiger partial charge in [0.2, 0.25) is 5.91 Å². The Hall–Kier alpha value is -3.16. The Morgan fingerprint density at radius 3 is 2.61 bits per heavy atom. The van der Waals surface area contributed by atoms with E-state index in [1.807, 2.05) is 24.5 Å². The fourth-order valence-corrected chi connectivity index (χ4v) is 4.61. The van der Waals surface area contributed by atoms with Crippen LogP contribution < -0.4 is 16.2 Å². The van der Waals surface area contributed by atoms with Gasteiger partial charge in [-0.1, -0.05) is 26.0 Å². The molecule has 1 saturated heterocycles. The molecule has 31 heavy (non-hydrogen) atoms. The Morgan fingerprint density at radius 1 is 1.10 bits per heavy atom. The number of likely N-dealkylation sites (tertiary alicyclic amines) is 1. The molecule has 2 aromatic rings. The number of nitrogens with one attached hydrogen (secondary N) is 2. The van der Waals surface area contributed by atoms with Crippen molar-refractivity contribution in [2.75, 3.05) is 18.4 Å².